The number of nitrogens with zero attached hydrogens (tertiary/aromatic N) is 1. The molecule has 0 saturated heterocycles. The maximum absolute atomic E-state index is 2.35. The molecule has 1 aromatic heterocycles. The highest BCUT2D eigenvalue weighted by atomic mass is 32.1. The fourth-order valence-corrected chi connectivity index (χ4v) is 4.17. The van der Waals surface area contributed by atoms with E-state index in [0.29, 0.717) is 0 Å². The second kappa shape index (κ2) is 4.04. The van der Waals surface area contributed by atoms with Crippen LogP contribution >= 0.6 is 11.3 Å². The van der Waals surface area contributed by atoms with Crippen LogP contribution in [0.5, 0.6) is 0 Å². The van der Waals surface area contributed by atoms with E-state index in [2.05, 4.69) is 66.2 Å². The third-order valence-electron chi connectivity index (χ3n) is 3.77. The van der Waals surface area contributed by atoms with Gasteiger partial charge in [0.25, 0.3) is 5.01 Å². The van der Waals surface area contributed by atoms with Crippen LogP contribution in [-0.2, 0) is 13.5 Å². The Morgan fingerprint density at radius 1 is 0.947 bits per heavy atom. The molecule has 0 aliphatic heterocycles. The summed E-state index contributed by atoms with van der Waals surface area (Å²) in [5.41, 5.74) is 5.57. The summed E-state index contributed by atoms with van der Waals surface area (Å²) in [6.07, 6.45) is 1.08. The Morgan fingerprint density at radius 3 is 2.53 bits per heavy atom. The minimum absolute atomic E-state index is 1.08. The molecule has 1 aliphatic rings. The monoisotopic (exact) mass is 264 g/mol. The molecule has 0 radical (unpaired) electrons. The molecule has 0 bridgehead atoms. The highest BCUT2D eigenvalue weighted by Crippen LogP contribution is 2.40. The average molecular weight is 264 g/mol. The highest BCUT2D eigenvalue weighted by Gasteiger charge is 2.32. The summed E-state index contributed by atoms with van der Waals surface area (Å²) < 4.78 is 2.35. The van der Waals surface area contributed by atoms with Crippen LogP contribution in [0.2, 0.25) is 0 Å². The fraction of sp³-hybridized carbons (Fsp3) is 0.118. The molecule has 0 fully saturated rings. The Hall–Kier alpha value is -1.93. The van der Waals surface area contributed by atoms with E-state index in [0.717, 1.165) is 6.42 Å². The molecule has 1 nitrogen and oxygen atoms in total. The van der Waals surface area contributed by atoms with Gasteiger partial charge >= 0.3 is 0 Å². The van der Waals surface area contributed by atoms with Gasteiger partial charge in [-0.05, 0) is 23.8 Å². The van der Waals surface area contributed by atoms with E-state index >= 15 is 0 Å². The van der Waals surface area contributed by atoms with Gasteiger partial charge in [-0.2, -0.15) is 4.57 Å². The average Bonchev–Trinajstić information content (AvgIpc) is 2.97. The molecule has 3 aromatic rings. The van der Waals surface area contributed by atoms with Crippen LogP contribution in [0.4, 0.5) is 0 Å². The van der Waals surface area contributed by atoms with Crippen molar-refractivity contribution in [2.24, 2.45) is 7.05 Å². The molecule has 2 heteroatoms. The summed E-state index contributed by atoms with van der Waals surface area (Å²) in [5, 5.41) is 1.35. The first-order valence-electron chi connectivity index (χ1n) is 6.50. The van der Waals surface area contributed by atoms with E-state index in [1.807, 2.05) is 11.3 Å². The van der Waals surface area contributed by atoms with Gasteiger partial charge in [0.15, 0.2) is 0 Å². The first-order chi connectivity index (χ1) is 9.34. The standard InChI is InChI=1S/C17H14NS/c1-18-16-14-10-6-5-9-13(14)11-15(16)19-17(18)12-7-3-2-4-8-12/h2-10H,11H2,1H3/q+1. The van der Waals surface area contributed by atoms with Gasteiger partial charge < -0.3 is 0 Å². The van der Waals surface area contributed by atoms with Gasteiger partial charge in [-0.25, -0.2) is 0 Å². The Labute approximate surface area is 116 Å². The number of fused-ring (bicyclic) bond motifs is 3. The lowest BCUT2D eigenvalue weighted by molar-refractivity contribution is -0.644. The van der Waals surface area contributed by atoms with Crippen molar-refractivity contribution in [3.63, 3.8) is 0 Å². The predicted octanol–water partition coefficient (Wildman–Crippen LogP) is 3.81. The second-order valence-corrected chi connectivity index (χ2v) is 6.02. The summed E-state index contributed by atoms with van der Waals surface area (Å²) in [4.78, 5) is 1.49. The normalized spacial score (nSPS) is 12.3. The molecular formula is C17H14NS+. The topological polar surface area (TPSA) is 3.88 Å². The van der Waals surface area contributed by atoms with Crippen LogP contribution < -0.4 is 4.57 Å². The molecule has 2 aromatic carbocycles. The van der Waals surface area contributed by atoms with Crippen molar-refractivity contribution in [1.29, 1.82) is 0 Å². The van der Waals surface area contributed by atoms with E-state index in [-0.39, 0.29) is 0 Å². The van der Waals surface area contributed by atoms with Gasteiger partial charge in [0.2, 0.25) is 5.69 Å². The van der Waals surface area contributed by atoms with Crippen molar-refractivity contribution in [2.45, 2.75) is 6.42 Å². The Kier molecular flexibility index (Phi) is 2.32. The van der Waals surface area contributed by atoms with E-state index in [9.17, 15) is 0 Å². The van der Waals surface area contributed by atoms with Crippen LogP contribution in [0, 0.1) is 0 Å². The number of hydrogen-bond acceptors (Lipinski definition) is 1. The summed E-state index contributed by atoms with van der Waals surface area (Å²) >= 11 is 1.92. The number of hydrogen-bond donors (Lipinski definition) is 0. The molecule has 4 rings (SSSR count). The van der Waals surface area contributed by atoms with Crippen molar-refractivity contribution >= 4 is 11.3 Å². The van der Waals surface area contributed by atoms with Crippen LogP contribution in [0.3, 0.4) is 0 Å². The number of rotatable bonds is 1. The van der Waals surface area contributed by atoms with Gasteiger partial charge in [0.05, 0.1) is 16.0 Å². The summed E-state index contributed by atoms with van der Waals surface area (Å²) in [6.45, 7) is 0. The Balaban J connectivity index is 1.94. The predicted molar refractivity (Wildman–Crippen MR) is 79.2 cm³/mol. The van der Waals surface area contributed by atoms with E-state index in [1.165, 1.54) is 32.3 Å². The Morgan fingerprint density at radius 2 is 1.68 bits per heavy atom. The fourth-order valence-electron chi connectivity index (χ4n) is 2.88. The molecule has 0 unspecified atom stereocenters. The summed E-state index contributed by atoms with van der Waals surface area (Å²) in [6, 6.07) is 19.4. The minimum Gasteiger partial charge on any atom is -0.184 e. The van der Waals surface area contributed by atoms with Gasteiger partial charge in [0, 0.05) is 6.42 Å². The molecule has 0 N–H and O–H groups in total. The van der Waals surface area contributed by atoms with Crippen LogP contribution in [0.25, 0.3) is 21.8 Å². The van der Waals surface area contributed by atoms with Crippen molar-refractivity contribution in [1.82, 2.24) is 0 Å². The molecule has 1 aliphatic carbocycles. The largest absolute Gasteiger partial charge is 0.269 e. The van der Waals surface area contributed by atoms with Crippen molar-refractivity contribution in [2.75, 3.05) is 0 Å². The third-order valence-corrected chi connectivity index (χ3v) is 5.06. The molecule has 1 heterocycles. The lowest BCUT2D eigenvalue weighted by atomic mass is 10.1. The molecule has 0 saturated carbocycles. The second-order valence-electron chi connectivity index (χ2n) is 4.94. The first-order valence-corrected chi connectivity index (χ1v) is 7.31. The highest BCUT2D eigenvalue weighted by molar-refractivity contribution is 7.15. The maximum atomic E-state index is 2.35. The van der Waals surface area contributed by atoms with Crippen LogP contribution in [0.1, 0.15) is 10.4 Å². The molecular weight excluding hydrogens is 250 g/mol. The number of thiazole rings is 1. The van der Waals surface area contributed by atoms with Crippen LogP contribution in [-0.4, -0.2) is 0 Å². The molecule has 92 valence electrons. The molecule has 19 heavy (non-hydrogen) atoms. The van der Waals surface area contributed by atoms with E-state index in [4.69, 9.17) is 0 Å². The van der Waals surface area contributed by atoms with Crippen molar-refractivity contribution in [3.8, 4) is 21.8 Å². The van der Waals surface area contributed by atoms with Gasteiger partial charge in [-0.1, -0.05) is 47.7 Å². The number of aromatic nitrogens is 1. The van der Waals surface area contributed by atoms with Crippen LogP contribution in [0.15, 0.2) is 54.6 Å². The van der Waals surface area contributed by atoms with E-state index in [1.54, 1.807) is 0 Å². The van der Waals surface area contributed by atoms with E-state index < -0.39 is 0 Å². The lowest BCUT2D eigenvalue weighted by Crippen LogP contribution is -2.30. The smallest absolute Gasteiger partial charge is 0.184 e. The van der Waals surface area contributed by atoms with Gasteiger partial charge in [-0.3, -0.25) is 0 Å². The first kappa shape index (κ1) is 10.9. The minimum atomic E-state index is 1.08. The SMILES string of the molecule is C[n+]1c(-c2ccccc2)sc2c1-c1ccccc1C2. The zero-order valence-corrected chi connectivity index (χ0v) is 11.6. The summed E-state index contributed by atoms with van der Waals surface area (Å²) in [5.74, 6) is 0. The third kappa shape index (κ3) is 1.57. The molecule has 0 atom stereocenters. The van der Waals surface area contributed by atoms with Gasteiger partial charge in [-0.15, -0.1) is 0 Å². The quantitative estimate of drug-likeness (QED) is 0.460. The van der Waals surface area contributed by atoms with Crippen molar-refractivity contribution < 1.29 is 4.57 Å². The zero-order chi connectivity index (χ0) is 12.8. The molecule has 0 spiro atoms. The van der Waals surface area contributed by atoms with Gasteiger partial charge in [0.1, 0.15) is 7.05 Å². The molecule has 0 amide bonds. The lowest BCUT2D eigenvalue weighted by Gasteiger charge is -1.98. The number of benzene rings is 2. The van der Waals surface area contributed by atoms with Crippen molar-refractivity contribution in [3.05, 3.63) is 65.0 Å². The zero-order valence-electron chi connectivity index (χ0n) is 10.8. The summed E-state index contributed by atoms with van der Waals surface area (Å²) in [7, 11) is 2.18. The Bertz CT molecular complexity index is 756. The maximum Gasteiger partial charge on any atom is 0.269 e.